The van der Waals surface area contributed by atoms with Crippen molar-refractivity contribution < 1.29 is 9.59 Å². The summed E-state index contributed by atoms with van der Waals surface area (Å²) in [5.74, 6) is 0.0809. The zero-order chi connectivity index (χ0) is 11.5. The second kappa shape index (κ2) is 10.4. The highest BCUT2D eigenvalue weighted by atomic mass is 79.9. The van der Waals surface area contributed by atoms with Crippen molar-refractivity contribution in [3.05, 3.63) is 0 Å². The maximum atomic E-state index is 11.0. The summed E-state index contributed by atoms with van der Waals surface area (Å²) in [6, 6.07) is 0. The number of halogens is 2. The molecule has 4 nitrogen and oxygen atoms in total. The van der Waals surface area contributed by atoms with Crippen molar-refractivity contribution in [2.24, 2.45) is 0 Å². The van der Waals surface area contributed by atoms with Gasteiger partial charge in [0.15, 0.2) is 0 Å². The first-order chi connectivity index (χ1) is 7.20. The summed E-state index contributed by atoms with van der Waals surface area (Å²) in [5, 5.41) is 6.88. The fourth-order valence-electron chi connectivity index (χ4n) is 0.892. The Morgan fingerprint density at radius 1 is 0.867 bits per heavy atom. The van der Waals surface area contributed by atoms with E-state index in [2.05, 4.69) is 42.5 Å². The molecular formula is C9H16Br2N2O2. The van der Waals surface area contributed by atoms with Crippen LogP contribution in [0.2, 0.25) is 0 Å². The third-order valence-electron chi connectivity index (χ3n) is 1.64. The van der Waals surface area contributed by atoms with Gasteiger partial charge in [0.05, 0.1) is 0 Å². The SMILES string of the molecule is O=C(CCBr)NCCCNC(=O)CCBr. The molecule has 15 heavy (non-hydrogen) atoms. The molecule has 6 heteroatoms. The molecule has 0 fully saturated rings. The lowest BCUT2D eigenvalue weighted by Crippen LogP contribution is -2.29. The van der Waals surface area contributed by atoms with Crippen LogP contribution in [-0.2, 0) is 9.59 Å². The van der Waals surface area contributed by atoms with Crippen LogP contribution in [0.4, 0.5) is 0 Å². The van der Waals surface area contributed by atoms with Crippen LogP contribution < -0.4 is 10.6 Å². The summed E-state index contributed by atoms with van der Waals surface area (Å²) in [6.45, 7) is 1.22. The molecule has 0 bridgehead atoms. The summed E-state index contributed by atoms with van der Waals surface area (Å²) < 4.78 is 0. The minimum Gasteiger partial charge on any atom is -0.356 e. The molecular weight excluding hydrogens is 328 g/mol. The average Bonchev–Trinajstić information content (AvgIpc) is 2.18. The number of nitrogens with one attached hydrogen (secondary N) is 2. The Kier molecular flexibility index (Phi) is 10.3. The predicted octanol–water partition coefficient (Wildman–Crippen LogP) is 1.18. The van der Waals surface area contributed by atoms with E-state index in [9.17, 15) is 9.59 Å². The summed E-state index contributed by atoms with van der Waals surface area (Å²) in [4.78, 5) is 22.0. The summed E-state index contributed by atoms with van der Waals surface area (Å²) in [5.41, 5.74) is 0. The van der Waals surface area contributed by atoms with Gasteiger partial charge in [-0.3, -0.25) is 9.59 Å². The molecule has 0 saturated carbocycles. The minimum absolute atomic E-state index is 0.0404. The molecule has 0 aliphatic rings. The molecule has 88 valence electrons. The summed E-state index contributed by atoms with van der Waals surface area (Å²) in [6.07, 6.45) is 1.76. The Labute approximate surface area is 107 Å². The topological polar surface area (TPSA) is 58.2 Å². The molecule has 2 N–H and O–H groups in total. The molecule has 0 spiro atoms. The van der Waals surface area contributed by atoms with E-state index in [4.69, 9.17) is 0 Å². The number of carbonyl (C=O) groups is 2. The quantitative estimate of drug-likeness (QED) is 0.513. The third-order valence-corrected chi connectivity index (χ3v) is 2.43. The standard InChI is InChI=1S/C9H16Br2N2O2/c10-4-2-8(14)12-6-1-7-13-9(15)3-5-11/h1-7H2,(H,12,14)(H,13,15). The number of hydrogen-bond acceptors (Lipinski definition) is 2. The van der Waals surface area contributed by atoms with Crippen LogP contribution in [0.25, 0.3) is 0 Å². The molecule has 2 amide bonds. The highest BCUT2D eigenvalue weighted by Gasteiger charge is 2.00. The van der Waals surface area contributed by atoms with Crippen molar-refractivity contribution >= 4 is 43.7 Å². The first-order valence-electron chi connectivity index (χ1n) is 4.86. The first kappa shape index (κ1) is 14.9. The molecule has 0 aliphatic carbocycles. The first-order valence-corrected chi connectivity index (χ1v) is 7.10. The Morgan fingerprint density at radius 2 is 1.27 bits per heavy atom. The van der Waals surface area contributed by atoms with E-state index >= 15 is 0 Å². The van der Waals surface area contributed by atoms with Crippen LogP contribution >= 0.6 is 31.9 Å². The molecule has 0 heterocycles. The van der Waals surface area contributed by atoms with Crippen LogP contribution in [0.3, 0.4) is 0 Å². The van der Waals surface area contributed by atoms with Crippen LogP contribution in [0.1, 0.15) is 19.3 Å². The van der Waals surface area contributed by atoms with Gasteiger partial charge in [0.2, 0.25) is 11.8 Å². The predicted molar refractivity (Wildman–Crippen MR) is 67.5 cm³/mol. The molecule has 0 aromatic rings. The van der Waals surface area contributed by atoms with Gasteiger partial charge in [-0.25, -0.2) is 0 Å². The average molecular weight is 344 g/mol. The fraction of sp³-hybridized carbons (Fsp3) is 0.778. The molecule has 0 aliphatic heterocycles. The van der Waals surface area contributed by atoms with E-state index in [0.717, 1.165) is 6.42 Å². The Hall–Kier alpha value is -0.100. The molecule has 0 saturated heterocycles. The van der Waals surface area contributed by atoms with Crippen molar-refractivity contribution in [3.8, 4) is 0 Å². The Balaban J connectivity index is 3.24. The zero-order valence-corrected chi connectivity index (χ0v) is 11.7. The van der Waals surface area contributed by atoms with Crippen LogP contribution in [0, 0.1) is 0 Å². The van der Waals surface area contributed by atoms with Crippen LogP contribution in [-0.4, -0.2) is 35.6 Å². The highest BCUT2D eigenvalue weighted by Crippen LogP contribution is 1.88. The number of rotatable bonds is 8. The lowest BCUT2D eigenvalue weighted by Gasteiger charge is -2.05. The van der Waals surface area contributed by atoms with Gasteiger partial charge in [-0.1, -0.05) is 31.9 Å². The van der Waals surface area contributed by atoms with Crippen molar-refractivity contribution in [2.45, 2.75) is 19.3 Å². The van der Waals surface area contributed by atoms with Crippen molar-refractivity contribution in [1.82, 2.24) is 10.6 Å². The second-order valence-corrected chi connectivity index (χ2v) is 4.52. The lowest BCUT2D eigenvalue weighted by molar-refractivity contribution is -0.121. The van der Waals surface area contributed by atoms with E-state index in [1.54, 1.807) is 0 Å². The van der Waals surface area contributed by atoms with Crippen LogP contribution in [0.5, 0.6) is 0 Å². The van der Waals surface area contributed by atoms with Gasteiger partial charge >= 0.3 is 0 Å². The van der Waals surface area contributed by atoms with Gasteiger partial charge in [0.25, 0.3) is 0 Å². The largest absolute Gasteiger partial charge is 0.356 e. The number of alkyl halides is 2. The van der Waals surface area contributed by atoms with Gasteiger partial charge in [0, 0.05) is 36.6 Å². The van der Waals surface area contributed by atoms with Gasteiger partial charge in [0.1, 0.15) is 0 Å². The van der Waals surface area contributed by atoms with Crippen LogP contribution in [0.15, 0.2) is 0 Å². The van der Waals surface area contributed by atoms with Gasteiger partial charge in [-0.2, -0.15) is 0 Å². The van der Waals surface area contributed by atoms with Crippen molar-refractivity contribution in [2.75, 3.05) is 23.7 Å². The molecule has 0 aromatic carbocycles. The zero-order valence-electron chi connectivity index (χ0n) is 8.52. The Morgan fingerprint density at radius 3 is 1.60 bits per heavy atom. The molecule has 0 aromatic heterocycles. The molecule has 0 atom stereocenters. The molecule has 0 unspecified atom stereocenters. The minimum atomic E-state index is 0.0404. The van der Waals surface area contributed by atoms with E-state index < -0.39 is 0 Å². The maximum Gasteiger partial charge on any atom is 0.220 e. The molecule has 0 radical (unpaired) electrons. The fourth-order valence-corrected chi connectivity index (χ4v) is 1.61. The highest BCUT2D eigenvalue weighted by molar-refractivity contribution is 9.09. The van der Waals surface area contributed by atoms with Crippen molar-refractivity contribution in [1.29, 1.82) is 0 Å². The molecule has 0 rings (SSSR count). The summed E-state index contributed by atoms with van der Waals surface area (Å²) >= 11 is 6.37. The maximum absolute atomic E-state index is 11.0. The van der Waals surface area contributed by atoms with E-state index in [0.29, 0.717) is 36.6 Å². The Bertz CT molecular complexity index is 181. The smallest absolute Gasteiger partial charge is 0.220 e. The lowest BCUT2D eigenvalue weighted by atomic mass is 10.3. The van der Waals surface area contributed by atoms with Gasteiger partial charge < -0.3 is 10.6 Å². The van der Waals surface area contributed by atoms with E-state index in [1.807, 2.05) is 0 Å². The number of amides is 2. The third kappa shape index (κ3) is 10.2. The monoisotopic (exact) mass is 342 g/mol. The number of hydrogen-bond donors (Lipinski definition) is 2. The summed E-state index contributed by atoms with van der Waals surface area (Å²) in [7, 11) is 0. The van der Waals surface area contributed by atoms with Crippen molar-refractivity contribution in [3.63, 3.8) is 0 Å². The normalized spacial score (nSPS) is 9.73. The number of carbonyl (C=O) groups excluding carboxylic acids is 2. The van der Waals surface area contributed by atoms with Gasteiger partial charge in [-0.15, -0.1) is 0 Å². The van der Waals surface area contributed by atoms with E-state index in [-0.39, 0.29) is 11.8 Å². The van der Waals surface area contributed by atoms with Gasteiger partial charge in [-0.05, 0) is 6.42 Å². The van der Waals surface area contributed by atoms with E-state index in [1.165, 1.54) is 0 Å². The second-order valence-electron chi connectivity index (χ2n) is 2.93.